The molecule has 1 aliphatic rings. The predicted octanol–water partition coefficient (Wildman–Crippen LogP) is 3.47. The third kappa shape index (κ3) is 3.71. The maximum absolute atomic E-state index is 12.3. The second kappa shape index (κ2) is 7.76. The molecule has 2 heterocycles. The Labute approximate surface area is 164 Å². The SMILES string of the molecule is Cc1nn(-c2ccccc2)c(C)c1CCC(=O)NCc1ccc2c(c1)OCO2. The lowest BCUT2D eigenvalue weighted by Crippen LogP contribution is -2.23. The van der Waals surface area contributed by atoms with Crippen LogP contribution >= 0.6 is 0 Å². The van der Waals surface area contributed by atoms with Crippen molar-refractivity contribution in [1.29, 1.82) is 0 Å². The van der Waals surface area contributed by atoms with Crippen LogP contribution in [0.2, 0.25) is 0 Å². The van der Waals surface area contributed by atoms with E-state index < -0.39 is 0 Å². The van der Waals surface area contributed by atoms with Gasteiger partial charge in [0.25, 0.3) is 0 Å². The molecule has 4 rings (SSSR count). The second-order valence-corrected chi connectivity index (χ2v) is 6.86. The van der Waals surface area contributed by atoms with Crippen LogP contribution in [0.4, 0.5) is 0 Å². The molecule has 0 unspecified atom stereocenters. The molecular formula is C22H23N3O3. The number of para-hydroxylation sites is 1. The van der Waals surface area contributed by atoms with Crippen LogP contribution in [0.25, 0.3) is 5.69 Å². The van der Waals surface area contributed by atoms with Gasteiger partial charge in [0.2, 0.25) is 12.7 Å². The Morgan fingerprint density at radius 3 is 2.71 bits per heavy atom. The fourth-order valence-electron chi connectivity index (χ4n) is 3.44. The number of nitrogens with one attached hydrogen (secondary N) is 1. The largest absolute Gasteiger partial charge is 0.454 e. The van der Waals surface area contributed by atoms with Gasteiger partial charge in [0.1, 0.15) is 0 Å². The molecule has 1 aliphatic heterocycles. The van der Waals surface area contributed by atoms with Crippen molar-refractivity contribution in [2.24, 2.45) is 0 Å². The van der Waals surface area contributed by atoms with Gasteiger partial charge in [-0.3, -0.25) is 4.79 Å². The number of rotatable bonds is 6. The van der Waals surface area contributed by atoms with E-state index in [-0.39, 0.29) is 12.7 Å². The summed E-state index contributed by atoms with van der Waals surface area (Å²) in [5.41, 5.74) is 5.18. The van der Waals surface area contributed by atoms with Gasteiger partial charge in [0.05, 0.1) is 11.4 Å². The van der Waals surface area contributed by atoms with Crippen molar-refractivity contribution in [3.8, 4) is 17.2 Å². The monoisotopic (exact) mass is 377 g/mol. The first-order valence-electron chi connectivity index (χ1n) is 9.37. The van der Waals surface area contributed by atoms with Crippen LogP contribution in [0.3, 0.4) is 0 Å². The van der Waals surface area contributed by atoms with E-state index in [9.17, 15) is 4.79 Å². The summed E-state index contributed by atoms with van der Waals surface area (Å²) in [7, 11) is 0. The topological polar surface area (TPSA) is 65.4 Å². The lowest BCUT2D eigenvalue weighted by Gasteiger charge is -2.07. The van der Waals surface area contributed by atoms with E-state index in [0.29, 0.717) is 19.4 Å². The van der Waals surface area contributed by atoms with E-state index in [1.165, 1.54) is 0 Å². The summed E-state index contributed by atoms with van der Waals surface area (Å²) in [6.07, 6.45) is 1.09. The van der Waals surface area contributed by atoms with Crippen molar-refractivity contribution < 1.29 is 14.3 Å². The zero-order valence-corrected chi connectivity index (χ0v) is 16.1. The van der Waals surface area contributed by atoms with Crippen LogP contribution in [0, 0.1) is 13.8 Å². The van der Waals surface area contributed by atoms with Crippen LogP contribution in [-0.4, -0.2) is 22.5 Å². The number of benzene rings is 2. The first kappa shape index (κ1) is 18.1. The number of aryl methyl sites for hydroxylation is 1. The summed E-state index contributed by atoms with van der Waals surface area (Å²) in [5.74, 6) is 1.49. The van der Waals surface area contributed by atoms with Crippen molar-refractivity contribution in [1.82, 2.24) is 15.1 Å². The molecule has 1 aromatic heterocycles. The van der Waals surface area contributed by atoms with Gasteiger partial charge in [-0.25, -0.2) is 4.68 Å². The number of carbonyl (C=O) groups excluding carboxylic acids is 1. The summed E-state index contributed by atoms with van der Waals surface area (Å²) in [4.78, 5) is 12.3. The third-order valence-corrected chi connectivity index (χ3v) is 4.97. The van der Waals surface area contributed by atoms with Crippen LogP contribution in [-0.2, 0) is 17.8 Å². The maximum atomic E-state index is 12.3. The molecule has 1 N–H and O–H groups in total. The minimum Gasteiger partial charge on any atom is -0.454 e. The molecule has 0 spiro atoms. The van der Waals surface area contributed by atoms with E-state index in [2.05, 4.69) is 10.4 Å². The molecule has 6 nitrogen and oxygen atoms in total. The fraction of sp³-hybridized carbons (Fsp3) is 0.273. The Kier molecular flexibility index (Phi) is 5.02. The summed E-state index contributed by atoms with van der Waals surface area (Å²) in [6.45, 7) is 4.76. The van der Waals surface area contributed by atoms with Crippen LogP contribution in [0.5, 0.6) is 11.5 Å². The van der Waals surface area contributed by atoms with E-state index in [4.69, 9.17) is 9.47 Å². The predicted molar refractivity (Wildman–Crippen MR) is 106 cm³/mol. The van der Waals surface area contributed by atoms with E-state index in [0.717, 1.165) is 39.7 Å². The molecule has 144 valence electrons. The first-order valence-corrected chi connectivity index (χ1v) is 9.37. The minimum absolute atomic E-state index is 0.0175. The second-order valence-electron chi connectivity index (χ2n) is 6.86. The number of ether oxygens (including phenoxy) is 2. The van der Waals surface area contributed by atoms with Crippen molar-refractivity contribution in [2.75, 3.05) is 6.79 Å². The number of amides is 1. The Balaban J connectivity index is 1.35. The lowest BCUT2D eigenvalue weighted by atomic mass is 10.1. The van der Waals surface area contributed by atoms with Crippen LogP contribution < -0.4 is 14.8 Å². The summed E-state index contributed by atoms with van der Waals surface area (Å²) in [5, 5.41) is 7.62. The van der Waals surface area contributed by atoms with Gasteiger partial charge in [-0.05, 0) is 55.7 Å². The Hall–Kier alpha value is -3.28. The lowest BCUT2D eigenvalue weighted by molar-refractivity contribution is -0.121. The van der Waals surface area contributed by atoms with Gasteiger partial charge < -0.3 is 14.8 Å². The molecule has 6 heteroatoms. The van der Waals surface area contributed by atoms with E-state index in [1.807, 2.05) is 67.1 Å². The van der Waals surface area contributed by atoms with Gasteiger partial charge in [-0.2, -0.15) is 5.10 Å². The van der Waals surface area contributed by atoms with Gasteiger partial charge in [0, 0.05) is 18.7 Å². The summed E-state index contributed by atoms with van der Waals surface area (Å²) < 4.78 is 12.6. The number of hydrogen-bond donors (Lipinski definition) is 1. The molecule has 1 amide bonds. The number of carbonyl (C=O) groups is 1. The molecule has 3 aromatic rings. The molecule has 0 aliphatic carbocycles. The zero-order valence-electron chi connectivity index (χ0n) is 16.1. The zero-order chi connectivity index (χ0) is 19.5. The van der Waals surface area contributed by atoms with Crippen molar-refractivity contribution in [2.45, 2.75) is 33.2 Å². The quantitative estimate of drug-likeness (QED) is 0.714. The highest BCUT2D eigenvalue weighted by Gasteiger charge is 2.15. The average Bonchev–Trinajstić information content (AvgIpc) is 3.29. The van der Waals surface area contributed by atoms with Crippen molar-refractivity contribution in [3.63, 3.8) is 0 Å². The highest BCUT2D eigenvalue weighted by atomic mass is 16.7. The molecule has 0 atom stereocenters. The molecule has 2 aromatic carbocycles. The number of nitrogens with zero attached hydrogens (tertiary/aromatic N) is 2. The van der Waals surface area contributed by atoms with Gasteiger partial charge in [0.15, 0.2) is 11.5 Å². The highest BCUT2D eigenvalue weighted by Crippen LogP contribution is 2.32. The highest BCUT2D eigenvalue weighted by molar-refractivity contribution is 5.76. The molecule has 0 saturated carbocycles. The fourth-order valence-corrected chi connectivity index (χ4v) is 3.44. The van der Waals surface area contributed by atoms with E-state index >= 15 is 0 Å². The van der Waals surface area contributed by atoms with Crippen molar-refractivity contribution >= 4 is 5.91 Å². The summed E-state index contributed by atoms with van der Waals surface area (Å²) in [6, 6.07) is 15.7. The Morgan fingerprint density at radius 2 is 1.89 bits per heavy atom. The van der Waals surface area contributed by atoms with Crippen molar-refractivity contribution in [3.05, 3.63) is 71.0 Å². The molecule has 0 fully saturated rings. The average molecular weight is 377 g/mol. The van der Waals surface area contributed by atoms with Gasteiger partial charge in [-0.1, -0.05) is 24.3 Å². The Bertz CT molecular complexity index is 996. The number of hydrogen-bond acceptors (Lipinski definition) is 4. The normalized spacial score (nSPS) is 12.2. The molecule has 0 radical (unpaired) electrons. The smallest absolute Gasteiger partial charge is 0.231 e. The van der Waals surface area contributed by atoms with Gasteiger partial charge >= 0.3 is 0 Å². The Morgan fingerprint density at radius 1 is 1.11 bits per heavy atom. The first-order chi connectivity index (χ1) is 13.6. The molecule has 28 heavy (non-hydrogen) atoms. The van der Waals surface area contributed by atoms with Gasteiger partial charge in [-0.15, -0.1) is 0 Å². The van der Waals surface area contributed by atoms with Crippen LogP contribution in [0.15, 0.2) is 48.5 Å². The van der Waals surface area contributed by atoms with Crippen LogP contribution in [0.1, 0.15) is 28.9 Å². The molecule has 0 saturated heterocycles. The standard InChI is InChI=1S/C22H23N3O3/c1-15-19(16(2)25(24-15)18-6-4-3-5-7-18)9-11-22(26)23-13-17-8-10-20-21(12-17)28-14-27-20/h3-8,10,12H,9,11,13-14H2,1-2H3,(H,23,26). The number of aromatic nitrogens is 2. The number of fused-ring (bicyclic) bond motifs is 1. The minimum atomic E-state index is 0.0175. The summed E-state index contributed by atoms with van der Waals surface area (Å²) >= 11 is 0. The molecular weight excluding hydrogens is 354 g/mol. The maximum Gasteiger partial charge on any atom is 0.231 e. The van der Waals surface area contributed by atoms with E-state index in [1.54, 1.807) is 0 Å². The third-order valence-electron chi connectivity index (χ3n) is 4.97. The molecule has 0 bridgehead atoms.